The first kappa shape index (κ1) is 18.5. The molecule has 1 aliphatic carbocycles. The Morgan fingerprint density at radius 2 is 2.17 bits per heavy atom. The van der Waals surface area contributed by atoms with E-state index in [2.05, 4.69) is 12.2 Å². The van der Waals surface area contributed by atoms with E-state index >= 15 is 0 Å². The number of hydrogen-bond donors (Lipinski definition) is 0. The van der Waals surface area contributed by atoms with Crippen molar-refractivity contribution in [3.63, 3.8) is 0 Å². The molecule has 0 nitrogen and oxygen atoms in total. The molecule has 0 saturated carbocycles. The molecule has 12 heavy (non-hydrogen) atoms. The Balaban J connectivity index is -0.000000116. The van der Waals surface area contributed by atoms with Crippen LogP contribution in [0, 0.1) is 6.08 Å². The first-order valence-corrected chi connectivity index (χ1v) is 3.50. The second-order valence-corrected chi connectivity index (χ2v) is 1.84. The largest absolute Gasteiger partial charge is 0.273 e. The van der Waals surface area contributed by atoms with Crippen molar-refractivity contribution < 1.29 is 33.6 Å². The van der Waals surface area contributed by atoms with Gasteiger partial charge >= 0.3 is 0 Å². The third-order valence-corrected chi connectivity index (χ3v) is 0.958. The van der Waals surface area contributed by atoms with Crippen molar-refractivity contribution >= 4 is 22.0 Å². The molecule has 0 fully saturated rings. The molecule has 0 amide bonds. The van der Waals surface area contributed by atoms with Crippen LogP contribution in [0.15, 0.2) is 18.2 Å². The van der Waals surface area contributed by atoms with Crippen molar-refractivity contribution in [3.8, 4) is 0 Å². The van der Waals surface area contributed by atoms with Crippen LogP contribution in [0.5, 0.6) is 0 Å². The van der Waals surface area contributed by atoms with E-state index in [-0.39, 0.29) is 33.6 Å². The summed E-state index contributed by atoms with van der Waals surface area (Å²) in [6.07, 6.45) is 11.0. The van der Waals surface area contributed by atoms with Gasteiger partial charge in [0.05, 0.1) is 7.17 Å². The summed E-state index contributed by atoms with van der Waals surface area (Å²) in [7, 11) is 8.42. The summed E-state index contributed by atoms with van der Waals surface area (Å²) < 4.78 is 0. The minimum Gasteiger partial charge on any atom is -0.273 e. The van der Waals surface area contributed by atoms with Crippen molar-refractivity contribution in [1.29, 1.82) is 0 Å². The van der Waals surface area contributed by atoms with Gasteiger partial charge in [-0.1, -0.05) is 13.2 Å². The second kappa shape index (κ2) is 17.7. The van der Waals surface area contributed by atoms with Crippen molar-refractivity contribution in [2.45, 2.75) is 19.7 Å². The van der Waals surface area contributed by atoms with Crippen LogP contribution in [0.4, 0.5) is 0 Å². The topological polar surface area (TPSA) is 0 Å². The summed E-state index contributed by atoms with van der Waals surface area (Å²) in [6, 6.07) is 0. The van der Waals surface area contributed by atoms with Crippen LogP contribution in [-0.2, 0) is 33.6 Å². The van der Waals surface area contributed by atoms with Gasteiger partial charge in [-0.15, -0.1) is 6.42 Å². The van der Waals surface area contributed by atoms with Crippen LogP contribution in [0.3, 0.4) is 0 Å². The minimum atomic E-state index is 0. The maximum Gasteiger partial charge on any atom is 0.0541 e. The first-order valence-electron chi connectivity index (χ1n) is 3.50. The zero-order valence-electron chi connectivity index (χ0n) is 7.04. The first-order chi connectivity index (χ1) is 4.91. The Kier molecular flexibility index (Phi) is 27.2. The second-order valence-electron chi connectivity index (χ2n) is 1.84. The molecule has 0 heterocycles. The van der Waals surface area contributed by atoms with Crippen LogP contribution in [0.25, 0.3) is 0 Å². The normalized spacial score (nSPS) is 10.1. The van der Waals surface area contributed by atoms with E-state index < -0.39 is 0 Å². The number of allylic oxidation sites excluding steroid dienone is 4. The third kappa shape index (κ3) is 17.0. The Bertz CT molecular complexity index is 103. The molecule has 5 heteroatoms. The molecule has 1 aliphatic rings. The Morgan fingerprint density at radius 3 is 2.25 bits per heavy atom. The van der Waals surface area contributed by atoms with Crippen molar-refractivity contribution in [1.82, 2.24) is 0 Å². The van der Waals surface area contributed by atoms with E-state index in [1.165, 1.54) is 0 Å². The standard InChI is InChI=1S/C5H5.C2H5B3.2Co/c1-2-4-5-3-1;1-2-4-5-3;;/h1-3H,4H2;2H2,1H3;;/q-1;;;. The monoisotopic (exact) mass is 245 g/mol. The SMILES string of the molecule is [B][B][B]CC.[C-]1=CC=CC1.[Co].[Co]. The molecular formula is C7H10B3Co2-. The fourth-order valence-electron chi connectivity index (χ4n) is 0.476. The average Bonchev–Trinajstić information content (AvgIpc) is 2.44. The molecule has 0 N–H and O–H groups in total. The van der Waals surface area contributed by atoms with Gasteiger partial charge in [0.15, 0.2) is 0 Å². The van der Waals surface area contributed by atoms with Gasteiger partial charge in [0.1, 0.15) is 0 Å². The van der Waals surface area contributed by atoms with Crippen molar-refractivity contribution in [3.05, 3.63) is 24.3 Å². The predicted octanol–water partition coefficient (Wildman–Crippen LogP) is 1.13. The van der Waals surface area contributed by atoms with E-state index in [1.54, 1.807) is 7.06 Å². The molecule has 0 aromatic rings. The zero-order valence-corrected chi connectivity index (χ0v) is 9.13. The molecular weight excluding hydrogens is 234 g/mol. The molecule has 0 bridgehead atoms. The van der Waals surface area contributed by atoms with Crippen LogP contribution >= 0.6 is 0 Å². The number of rotatable bonds is 2. The summed E-state index contributed by atoms with van der Waals surface area (Å²) >= 11 is 0. The third-order valence-electron chi connectivity index (χ3n) is 0.958. The van der Waals surface area contributed by atoms with Crippen LogP contribution < -0.4 is 0 Å². The maximum absolute atomic E-state index is 4.96. The van der Waals surface area contributed by atoms with Crippen molar-refractivity contribution in [2.75, 3.05) is 0 Å². The Labute approximate surface area is 99.3 Å². The quantitative estimate of drug-likeness (QED) is 0.505. The van der Waals surface area contributed by atoms with Crippen LogP contribution in [0.1, 0.15) is 13.3 Å². The Hall–Kier alpha value is 0.688. The summed E-state index contributed by atoms with van der Waals surface area (Å²) in [4.78, 5) is 0. The molecule has 66 valence electrons. The fraction of sp³-hybridized carbons (Fsp3) is 0.429. The van der Waals surface area contributed by atoms with Gasteiger partial charge in [0.25, 0.3) is 0 Å². The zero-order chi connectivity index (χ0) is 7.66. The van der Waals surface area contributed by atoms with Gasteiger partial charge in [0.2, 0.25) is 0 Å². The van der Waals surface area contributed by atoms with Gasteiger partial charge in [-0.05, 0) is 0 Å². The van der Waals surface area contributed by atoms with E-state index in [9.17, 15) is 0 Å². The average molecular weight is 244 g/mol. The van der Waals surface area contributed by atoms with E-state index in [4.69, 9.17) is 7.74 Å². The maximum atomic E-state index is 4.96. The molecule has 0 atom stereocenters. The van der Waals surface area contributed by atoms with E-state index in [0.29, 0.717) is 0 Å². The molecule has 0 aromatic carbocycles. The smallest absolute Gasteiger partial charge is 0.0541 e. The molecule has 0 unspecified atom stereocenters. The van der Waals surface area contributed by atoms with Crippen molar-refractivity contribution in [2.24, 2.45) is 0 Å². The Morgan fingerprint density at radius 1 is 1.50 bits per heavy atom. The van der Waals surface area contributed by atoms with Crippen LogP contribution in [-0.4, -0.2) is 22.0 Å². The van der Waals surface area contributed by atoms with Crippen LogP contribution in [0.2, 0.25) is 6.32 Å². The summed E-state index contributed by atoms with van der Waals surface area (Å²) in [5, 5.41) is 0. The van der Waals surface area contributed by atoms with Gasteiger partial charge in [-0.2, -0.15) is 6.08 Å². The summed E-state index contributed by atoms with van der Waals surface area (Å²) in [6.45, 7) is 2.04. The molecule has 6 radical (unpaired) electrons. The summed E-state index contributed by atoms with van der Waals surface area (Å²) in [5.41, 5.74) is 0. The minimum absolute atomic E-state index is 0. The van der Waals surface area contributed by atoms with Gasteiger partial charge in [-0.3, -0.25) is 6.08 Å². The summed E-state index contributed by atoms with van der Waals surface area (Å²) in [5.74, 6) is 0. The predicted molar refractivity (Wildman–Crippen MR) is 49.3 cm³/mol. The number of hydrogen-bond acceptors (Lipinski definition) is 0. The van der Waals surface area contributed by atoms with Gasteiger partial charge in [0, 0.05) is 48.4 Å². The molecule has 0 saturated heterocycles. The fourth-order valence-corrected chi connectivity index (χ4v) is 0.476. The van der Waals surface area contributed by atoms with Gasteiger partial charge in [-0.25, -0.2) is 12.2 Å². The molecule has 1 rings (SSSR count). The van der Waals surface area contributed by atoms with E-state index in [0.717, 1.165) is 12.7 Å². The molecule has 0 aromatic heterocycles. The van der Waals surface area contributed by atoms with E-state index in [1.807, 2.05) is 26.2 Å². The molecule has 0 aliphatic heterocycles. The van der Waals surface area contributed by atoms with Gasteiger partial charge < -0.3 is 0 Å². The molecule has 0 spiro atoms.